The van der Waals surface area contributed by atoms with Crippen molar-refractivity contribution in [2.45, 2.75) is 31.1 Å². The Kier molecular flexibility index (Phi) is 4.03. The average Bonchev–Trinajstić information content (AvgIpc) is 2.32. The number of nitrogens with one attached hydrogen (secondary N) is 1. The van der Waals surface area contributed by atoms with Crippen molar-refractivity contribution >= 4 is 15.9 Å². The quantitative estimate of drug-likeness (QED) is 0.882. The maximum Gasteiger partial charge on any atom is 0.257 e. The fourth-order valence-electron chi connectivity index (χ4n) is 2.30. The highest BCUT2D eigenvalue weighted by molar-refractivity contribution is 7.89. The molecule has 0 aliphatic heterocycles. The van der Waals surface area contributed by atoms with E-state index in [4.69, 9.17) is 5.14 Å². The molecule has 2 rings (SSSR count). The van der Waals surface area contributed by atoms with Crippen LogP contribution < -0.4 is 10.5 Å². The van der Waals surface area contributed by atoms with Gasteiger partial charge in [-0.25, -0.2) is 22.3 Å². The zero-order valence-corrected chi connectivity index (χ0v) is 12.3. The zero-order chi connectivity index (χ0) is 15.8. The highest BCUT2D eigenvalue weighted by Crippen LogP contribution is 2.39. The fourth-order valence-corrected chi connectivity index (χ4v) is 2.91. The minimum atomic E-state index is -4.36. The van der Waals surface area contributed by atoms with Crippen molar-refractivity contribution in [1.29, 1.82) is 0 Å². The Balaban J connectivity index is 2.28. The lowest BCUT2D eigenvalue weighted by molar-refractivity contribution is 0.0882. The molecule has 0 bridgehead atoms. The molecule has 1 amide bonds. The van der Waals surface area contributed by atoms with Gasteiger partial charge in [0.15, 0.2) is 5.82 Å². The Morgan fingerprint density at radius 2 is 2.00 bits per heavy atom. The molecular weight excluding hydrogens is 302 g/mol. The summed E-state index contributed by atoms with van der Waals surface area (Å²) in [5.41, 5.74) is -0.996. The molecule has 1 aliphatic carbocycles. The van der Waals surface area contributed by atoms with Crippen molar-refractivity contribution < 1.29 is 22.0 Å². The predicted molar refractivity (Wildman–Crippen MR) is 72.0 cm³/mol. The smallest absolute Gasteiger partial charge is 0.257 e. The van der Waals surface area contributed by atoms with Crippen LogP contribution in [0, 0.1) is 17.0 Å². The lowest BCUT2D eigenvalue weighted by Crippen LogP contribution is -2.40. The van der Waals surface area contributed by atoms with Gasteiger partial charge < -0.3 is 5.32 Å². The number of hydrogen-bond donors (Lipinski definition) is 2. The van der Waals surface area contributed by atoms with Crippen LogP contribution in [0.5, 0.6) is 0 Å². The highest BCUT2D eigenvalue weighted by Gasteiger charge is 2.33. The third kappa shape index (κ3) is 3.21. The largest absolute Gasteiger partial charge is 0.351 e. The summed E-state index contributed by atoms with van der Waals surface area (Å²) >= 11 is 0. The monoisotopic (exact) mass is 318 g/mol. The number of carbonyl (C=O) groups is 1. The van der Waals surface area contributed by atoms with Crippen LogP contribution in [0.15, 0.2) is 17.0 Å². The minimum Gasteiger partial charge on any atom is -0.351 e. The van der Waals surface area contributed by atoms with Gasteiger partial charge in [-0.3, -0.25) is 4.79 Å². The second-order valence-electron chi connectivity index (χ2n) is 5.63. The molecule has 0 saturated heterocycles. The van der Waals surface area contributed by atoms with Gasteiger partial charge in [0.25, 0.3) is 5.91 Å². The van der Waals surface area contributed by atoms with E-state index in [1.807, 2.05) is 6.92 Å². The number of benzene rings is 1. The van der Waals surface area contributed by atoms with Crippen LogP contribution in [0.25, 0.3) is 0 Å². The summed E-state index contributed by atoms with van der Waals surface area (Å²) in [6.07, 6.45) is 2.90. The molecule has 1 saturated carbocycles. The molecule has 1 aliphatic rings. The van der Waals surface area contributed by atoms with Gasteiger partial charge in [-0.05, 0) is 30.4 Å². The van der Waals surface area contributed by atoms with Crippen LogP contribution in [-0.4, -0.2) is 20.9 Å². The molecule has 1 fully saturated rings. The fraction of sp³-hybridized carbons (Fsp3) is 0.462. The number of rotatable bonds is 4. The van der Waals surface area contributed by atoms with Crippen LogP contribution in [-0.2, 0) is 10.0 Å². The first-order chi connectivity index (χ1) is 9.64. The maximum absolute atomic E-state index is 14.0. The summed E-state index contributed by atoms with van der Waals surface area (Å²) in [6.45, 7) is 2.24. The van der Waals surface area contributed by atoms with Crippen molar-refractivity contribution in [1.82, 2.24) is 5.32 Å². The van der Waals surface area contributed by atoms with Crippen LogP contribution >= 0.6 is 0 Å². The molecule has 0 radical (unpaired) electrons. The van der Waals surface area contributed by atoms with Crippen LogP contribution in [0.2, 0.25) is 0 Å². The highest BCUT2D eigenvalue weighted by atomic mass is 32.2. The number of halogens is 2. The van der Waals surface area contributed by atoms with Gasteiger partial charge in [0, 0.05) is 6.54 Å². The summed E-state index contributed by atoms with van der Waals surface area (Å²) in [7, 11) is -4.36. The van der Waals surface area contributed by atoms with E-state index in [-0.39, 0.29) is 12.0 Å². The lowest BCUT2D eigenvalue weighted by Gasteiger charge is -2.38. The van der Waals surface area contributed by atoms with Crippen molar-refractivity contribution in [3.05, 3.63) is 29.3 Å². The number of hydrogen-bond acceptors (Lipinski definition) is 3. The van der Waals surface area contributed by atoms with E-state index in [9.17, 15) is 22.0 Å². The third-order valence-electron chi connectivity index (χ3n) is 3.83. The van der Waals surface area contributed by atoms with E-state index >= 15 is 0 Å². The molecule has 21 heavy (non-hydrogen) atoms. The van der Waals surface area contributed by atoms with Crippen molar-refractivity contribution in [2.24, 2.45) is 10.6 Å². The molecule has 8 heteroatoms. The lowest BCUT2D eigenvalue weighted by atomic mass is 9.70. The van der Waals surface area contributed by atoms with E-state index < -0.39 is 38.0 Å². The molecule has 0 heterocycles. The van der Waals surface area contributed by atoms with Crippen molar-refractivity contribution in [3.63, 3.8) is 0 Å². The number of carbonyl (C=O) groups excluding carboxylic acids is 1. The van der Waals surface area contributed by atoms with Gasteiger partial charge in [0.2, 0.25) is 10.0 Å². The minimum absolute atomic E-state index is 0.0693. The standard InChI is InChI=1S/C13H16F2N2O3S/c1-13(5-2-6-13)7-17-12(18)10-8(14)3-4-9(11(10)15)21(16,19)20/h3-4H,2,5-7H2,1H3,(H,17,18)(H2,16,19,20). The number of nitrogens with two attached hydrogens (primary N) is 1. The molecule has 1 aromatic carbocycles. The molecule has 0 spiro atoms. The average molecular weight is 318 g/mol. The zero-order valence-electron chi connectivity index (χ0n) is 11.4. The number of primary sulfonamides is 1. The van der Waals surface area contributed by atoms with E-state index in [1.54, 1.807) is 0 Å². The van der Waals surface area contributed by atoms with Crippen LogP contribution in [0.3, 0.4) is 0 Å². The summed E-state index contributed by atoms with van der Waals surface area (Å²) in [6, 6.07) is 1.41. The van der Waals surface area contributed by atoms with Crippen LogP contribution in [0.1, 0.15) is 36.5 Å². The molecule has 116 valence electrons. The Morgan fingerprint density at radius 3 is 2.48 bits per heavy atom. The molecule has 5 nitrogen and oxygen atoms in total. The topological polar surface area (TPSA) is 89.3 Å². The third-order valence-corrected chi connectivity index (χ3v) is 4.75. The first-order valence-corrected chi connectivity index (χ1v) is 7.98. The summed E-state index contributed by atoms with van der Waals surface area (Å²) < 4.78 is 50.1. The molecule has 0 atom stereocenters. The van der Waals surface area contributed by atoms with Gasteiger partial charge in [-0.2, -0.15) is 0 Å². The van der Waals surface area contributed by atoms with Gasteiger partial charge in [0.05, 0.1) is 0 Å². The second kappa shape index (κ2) is 5.34. The number of sulfonamides is 1. The van der Waals surface area contributed by atoms with E-state index in [0.717, 1.165) is 19.3 Å². The number of amides is 1. The predicted octanol–water partition coefficient (Wildman–Crippen LogP) is 1.53. The first kappa shape index (κ1) is 15.8. The van der Waals surface area contributed by atoms with Gasteiger partial charge in [-0.15, -0.1) is 0 Å². The first-order valence-electron chi connectivity index (χ1n) is 6.43. The van der Waals surface area contributed by atoms with Crippen LogP contribution in [0.4, 0.5) is 8.78 Å². The van der Waals surface area contributed by atoms with Gasteiger partial charge in [0.1, 0.15) is 16.3 Å². The summed E-state index contributed by atoms with van der Waals surface area (Å²) in [5.74, 6) is -3.58. The molecular formula is C13H16F2N2O3S. The Bertz CT molecular complexity index is 685. The van der Waals surface area contributed by atoms with E-state index in [1.165, 1.54) is 0 Å². The van der Waals surface area contributed by atoms with Crippen molar-refractivity contribution in [2.75, 3.05) is 6.54 Å². The van der Waals surface area contributed by atoms with Gasteiger partial charge >= 0.3 is 0 Å². The Labute approximate surface area is 121 Å². The molecule has 0 unspecified atom stereocenters. The summed E-state index contributed by atoms with van der Waals surface area (Å²) in [4.78, 5) is 11.0. The molecule has 1 aromatic rings. The molecule has 3 N–H and O–H groups in total. The van der Waals surface area contributed by atoms with E-state index in [2.05, 4.69) is 5.32 Å². The Morgan fingerprint density at radius 1 is 1.38 bits per heavy atom. The van der Waals surface area contributed by atoms with Crippen molar-refractivity contribution in [3.8, 4) is 0 Å². The molecule has 0 aromatic heterocycles. The van der Waals surface area contributed by atoms with E-state index in [0.29, 0.717) is 12.1 Å². The Hall–Kier alpha value is -1.54. The second-order valence-corrected chi connectivity index (χ2v) is 7.16. The SMILES string of the molecule is CC1(CNC(=O)c2c(F)ccc(S(N)(=O)=O)c2F)CCC1. The summed E-state index contributed by atoms with van der Waals surface area (Å²) in [5, 5.41) is 7.28. The maximum atomic E-state index is 14.0. The normalized spacial score (nSPS) is 17.1. The van der Waals surface area contributed by atoms with Gasteiger partial charge in [-0.1, -0.05) is 13.3 Å².